The highest BCUT2D eigenvalue weighted by atomic mass is 79.9. The van der Waals surface area contributed by atoms with Crippen LogP contribution < -0.4 is 0 Å². The van der Waals surface area contributed by atoms with Crippen LogP contribution in [0.15, 0.2) is 16.6 Å². The van der Waals surface area contributed by atoms with Gasteiger partial charge < -0.3 is 5.11 Å². The first-order chi connectivity index (χ1) is 9.57. The number of rotatable bonds is 9. The highest BCUT2D eigenvalue weighted by Crippen LogP contribution is 2.30. The molecule has 1 unspecified atom stereocenters. The molecule has 0 saturated heterocycles. The van der Waals surface area contributed by atoms with Crippen LogP contribution in [-0.2, 0) is 0 Å². The van der Waals surface area contributed by atoms with Crippen molar-refractivity contribution >= 4 is 15.9 Å². The second-order valence-electron chi connectivity index (χ2n) is 5.19. The van der Waals surface area contributed by atoms with Gasteiger partial charge in [0.25, 0.3) is 0 Å². The fourth-order valence-corrected chi connectivity index (χ4v) is 2.83. The second kappa shape index (κ2) is 9.46. The molecule has 0 heterocycles. The van der Waals surface area contributed by atoms with Crippen molar-refractivity contribution in [3.63, 3.8) is 0 Å². The smallest absolute Gasteiger partial charge is 0.173 e. The van der Waals surface area contributed by atoms with Gasteiger partial charge in [0.1, 0.15) is 0 Å². The molecule has 0 aromatic heterocycles. The molecule has 114 valence electrons. The van der Waals surface area contributed by atoms with E-state index in [1.165, 1.54) is 38.2 Å². The zero-order valence-corrected chi connectivity index (χ0v) is 13.6. The molecule has 0 fully saturated rings. The first-order valence-electron chi connectivity index (χ1n) is 7.39. The Hall–Kier alpha value is -0.480. The van der Waals surface area contributed by atoms with Gasteiger partial charge >= 0.3 is 0 Å². The molecular weight excluding hydrogens is 326 g/mol. The van der Waals surface area contributed by atoms with E-state index in [-0.39, 0.29) is 4.47 Å². The SMILES string of the molecule is CCCCCCCCCC(O)c1ccc(F)c(F)c1Br. The zero-order valence-electron chi connectivity index (χ0n) is 12.0. The fourth-order valence-electron chi connectivity index (χ4n) is 2.25. The molecule has 1 N–H and O–H groups in total. The molecule has 0 amide bonds. The minimum absolute atomic E-state index is 0.0351. The summed E-state index contributed by atoms with van der Waals surface area (Å²) in [5.74, 6) is -1.83. The van der Waals surface area contributed by atoms with Crippen LogP contribution in [0.2, 0.25) is 0 Å². The maximum atomic E-state index is 13.4. The molecule has 0 radical (unpaired) electrons. The summed E-state index contributed by atoms with van der Waals surface area (Å²) in [4.78, 5) is 0. The summed E-state index contributed by atoms with van der Waals surface area (Å²) in [6.07, 6.45) is 8.01. The Morgan fingerprint density at radius 1 is 1.05 bits per heavy atom. The summed E-state index contributed by atoms with van der Waals surface area (Å²) < 4.78 is 26.4. The molecule has 0 bridgehead atoms. The lowest BCUT2D eigenvalue weighted by atomic mass is 10.0. The van der Waals surface area contributed by atoms with Crippen LogP contribution in [0.1, 0.15) is 70.0 Å². The quantitative estimate of drug-likeness (QED) is 0.435. The van der Waals surface area contributed by atoms with Crippen LogP contribution in [0.4, 0.5) is 8.78 Å². The van der Waals surface area contributed by atoms with Crippen molar-refractivity contribution in [2.45, 2.75) is 64.4 Å². The van der Waals surface area contributed by atoms with E-state index in [1.807, 2.05) is 0 Å². The molecular formula is C16H23BrF2O. The van der Waals surface area contributed by atoms with Crippen LogP contribution in [0.3, 0.4) is 0 Å². The topological polar surface area (TPSA) is 20.2 Å². The van der Waals surface area contributed by atoms with Gasteiger partial charge in [0, 0.05) is 0 Å². The lowest BCUT2D eigenvalue weighted by molar-refractivity contribution is 0.162. The molecule has 0 aliphatic rings. The van der Waals surface area contributed by atoms with Gasteiger partial charge in [0.15, 0.2) is 11.6 Å². The number of hydrogen-bond donors (Lipinski definition) is 1. The van der Waals surface area contributed by atoms with Gasteiger partial charge in [-0.25, -0.2) is 8.78 Å². The molecule has 1 rings (SSSR count). The van der Waals surface area contributed by atoms with Crippen LogP contribution in [0.5, 0.6) is 0 Å². The molecule has 1 atom stereocenters. The highest BCUT2D eigenvalue weighted by molar-refractivity contribution is 9.10. The van der Waals surface area contributed by atoms with Gasteiger partial charge in [-0.3, -0.25) is 0 Å². The molecule has 1 aromatic rings. The van der Waals surface area contributed by atoms with E-state index in [0.29, 0.717) is 12.0 Å². The maximum Gasteiger partial charge on any atom is 0.173 e. The third-order valence-electron chi connectivity index (χ3n) is 3.51. The van der Waals surface area contributed by atoms with Crippen molar-refractivity contribution in [1.29, 1.82) is 0 Å². The van der Waals surface area contributed by atoms with Crippen LogP contribution in [0, 0.1) is 11.6 Å². The minimum atomic E-state index is -0.930. The van der Waals surface area contributed by atoms with E-state index in [2.05, 4.69) is 22.9 Å². The highest BCUT2D eigenvalue weighted by Gasteiger charge is 2.16. The number of hydrogen-bond acceptors (Lipinski definition) is 1. The van der Waals surface area contributed by atoms with Crippen molar-refractivity contribution in [2.75, 3.05) is 0 Å². The summed E-state index contributed by atoms with van der Waals surface area (Å²) in [6, 6.07) is 2.50. The van der Waals surface area contributed by atoms with Gasteiger partial charge in [-0.15, -0.1) is 0 Å². The van der Waals surface area contributed by atoms with E-state index in [9.17, 15) is 13.9 Å². The lowest BCUT2D eigenvalue weighted by Crippen LogP contribution is -2.01. The number of aliphatic hydroxyl groups is 1. The van der Waals surface area contributed by atoms with Gasteiger partial charge in [-0.05, 0) is 34.0 Å². The predicted molar refractivity (Wildman–Crippen MR) is 81.6 cm³/mol. The Morgan fingerprint density at radius 3 is 2.30 bits per heavy atom. The number of benzene rings is 1. The third kappa shape index (κ3) is 5.49. The molecule has 1 aromatic carbocycles. The summed E-state index contributed by atoms with van der Waals surface area (Å²) >= 11 is 3.01. The Kier molecular flexibility index (Phi) is 8.31. The van der Waals surface area contributed by atoms with E-state index in [0.717, 1.165) is 18.9 Å². The van der Waals surface area contributed by atoms with Crippen molar-refractivity contribution in [1.82, 2.24) is 0 Å². The Morgan fingerprint density at radius 2 is 1.65 bits per heavy atom. The monoisotopic (exact) mass is 348 g/mol. The van der Waals surface area contributed by atoms with Crippen LogP contribution in [-0.4, -0.2) is 5.11 Å². The van der Waals surface area contributed by atoms with Gasteiger partial charge in [-0.2, -0.15) is 0 Å². The van der Waals surface area contributed by atoms with Crippen molar-refractivity contribution < 1.29 is 13.9 Å². The van der Waals surface area contributed by atoms with Gasteiger partial charge in [0.05, 0.1) is 10.6 Å². The number of halogens is 3. The first-order valence-corrected chi connectivity index (χ1v) is 8.18. The summed E-state index contributed by atoms with van der Waals surface area (Å²) in [5, 5.41) is 10.0. The van der Waals surface area contributed by atoms with Crippen LogP contribution in [0.25, 0.3) is 0 Å². The normalized spacial score (nSPS) is 12.7. The lowest BCUT2D eigenvalue weighted by Gasteiger charge is -2.13. The molecule has 1 nitrogen and oxygen atoms in total. The molecule has 0 spiro atoms. The average molecular weight is 349 g/mol. The van der Waals surface area contributed by atoms with E-state index in [1.54, 1.807) is 0 Å². The van der Waals surface area contributed by atoms with E-state index >= 15 is 0 Å². The van der Waals surface area contributed by atoms with Gasteiger partial charge in [-0.1, -0.05) is 57.9 Å². The average Bonchev–Trinajstić information content (AvgIpc) is 2.43. The number of unbranched alkanes of at least 4 members (excludes halogenated alkanes) is 6. The predicted octanol–water partition coefficient (Wildman–Crippen LogP) is 5.90. The van der Waals surface area contributed by atoms with E-state index < -0.39 is 17.7 Å². The first kappa shape index (κ1) is 17.6. The molecule has 0 aliphatic heterocycles. The second-order valence-corrected chi connectivity index (χ2v) is 5.98. The van der Waals surface area contributed by atoms with Gasteiger partial charge in [0.2, 0.25) is 0 Å². The van der Waals surface area contributed by atoms with Crippen molar-refractivity contribution in [2.24, 2.45) is 0 Å². The molecule has 4 heteroatoms. The Balaban J connectivity index is 2.33. The summed E-state index contributed by atoms with van der Waals surface area (Å²) in [7, 11) is 0. The summed E-state index contributed by atoms with van der Waals surface area (Å²) in [5.41, 5.74) is 0.426. The van der Waals surface area contributed by atoms with Crippen molar-refractivity contribution in [3.05, 3.63) is 33.8 Å². The maximum absolute atomic E-state index is 13.4. The largest absolute Gasteiger partial charge is 0.388 e. The van der Waals surface area contributed by atoms with E-state index in [4.69, 9.17) is 0 Å². The van der Waals surface area contributed by atoms with Crippen molar-refractivity contribution in [3.8, 4) is 0 Å². The molecule has 20 heavy (non-hydrogen) atoms. The fraction of sp³-hybridized carbons (Fsp3) is 0.625. The Bertz CT molecular complexity index is 410. The zero-order chi connectivity index (χ0) is 15.0. The molecule has 0 aliphatic carbocycles. The third-order valence-corrected chi connectivity index (χ3v) is 4.31. The standard InChI is InChI=1S/C16H23BrF2O/c1-2-3-4-5-6-7-8-9-14(20)12-10-11-13(18)16(19)15(12)17/h10-11,14,20H,2-9H2,1H3. The van der Waals surface area contributed by atoms with Crippen LogP contribution >= 0.6 is 15.9 Å². The minimum Gasteiger partial charge on any atom is -0.388 e. The Labute approximate surface area is 128 Å². The number of aliphatic hydroxyl groups excluding tert-OH is 1. The summed E-state index contributed by atoms with van der Waals surface area (Å²) in [6.45, 7) is 2.19. The molecule has 0 saturated carbocycles.